The molecular weight excluding hydrogens is 446 g/mol. The molecule has 0 aliphatic rings. The molecule has 0 atom stereocenters. The monoisotopic (exact) mass is 478 g/mol. The van der Waals surface area contributed by atoms with Crippen molar-refractivity contribution in [3.8, 4) is 44.5 Å². The standard InChI is InChI=1S/C36H27N/c1-4-11-27(12-5-1)29-19-23-31(24-20-29)34-17-10-18-35(36(34)37-33-15-8-3-9-16-33)32-25-21-30(22-26-32)28-13-6-2-7-14-28/h1-26,37H/i3D,8D,9D,15D,16D. The zero-order chi connectivity index (χ0) is 29.2. The van der Waals surface area contributed by atoms with E-state index in [0.29, 0.717) is 5.69 Å². The second-order valence-corrected chi connectivity index (χ2v) is 8.74. The summed E-state index contributed by atoms with van der Waals surface area (Å²) < 4.78 is 41.5. The summed E-state index contributed by atoms with van der Waals surface area (Å²) in [7, 11) is 0. The van der Waals surface area contributed by atoms with E-state index in [9.17, 15) is 0 Å². The lowest BCUT2D eigenvalue weighted by Crippen LogP contribution is -1.97. The van der Waals surface area contributed by atoms with Gasteiger partial charge in [0.1, 0.15) is 0 Å². The van der Waals surface area contributed by atoms with Gasteiger partial charge in [0.05, 0.1) is 12.5 Å². The van der Waals surface area contributed by atoms with Crippen LogP contribution in [0.1, 0.15) is 6.85 Å². The second kappa shape index (κ2) is 10.4. The molecule has 0 saturated carbocycles. The van der Waals surface area contributed by atoms with Crippen LogP contribution in [0.25, 0.3) is 44.5 Å². The minimum Gasteiger partial charge on any atom is -0.355 e. The van der Waals surface area contributed by atoms with E-state index in [0.717, 1.165) is 44.5 Å². The van der Waals surface area contributed by atoms with Crippen LogP contribution >= 0.6 is 0 Å². The largest absolute Gasteiger partial charge is 0.355 e. The maximum Gasteiger partial charge on any atom is 0.0645 e. The van der Waals surface area contributed by atoms with Gasteiger partial charge in [0.25, 0.3) is 0 Å². The molecule has 0 aliphatic carbocycles. The van der Waals surface area contributed by atoms with Gasteiger partial charge < -0.3 is 5.32 Å². The Morgan fingerprint density at radius 2 is 0.784 bits per heavy atom. The lowest BCUT2D eigenvalue weighted by molar-refractivity contribution is 1.51. The van der Waals surface area contributed by atoms with Crippen LogP contribution in [0.4, 0.5) is 11.4 Å². The molecule has 0 amide bonds. The highest BCUT2D eigenvalue weighted by Crippen LogP contribution is 2.40. The molecule has 1 nitrogen and oxygen atoms in total. The summed E-state index contributed by atoms with van der Waals surface area (Å²) in [5.74, 6) is 0. The van der Waals surface area contributed by atoms with Crippen molar-refractivity contribution < 1.29 is 6.85 Å². The maximum atomic E-state index is 8.55. The average Bonchev–Trinajstić information content (AvgIpc) is 3.06. The Balaban J connectivity index is 1.49. The second-order valence-electron chi connectivity index (χ2n) is 8.74. The summed E-state index contributed by atoms with van der Waals surface area (Å²) in [5, 5.41) is 3.28. The average molecular weight is 479 g/mol. The minimum absolute atomic E-state index is 0.0384. The summed E-state index contributed by atoms with van der Waals surface area (Å²) >= 11 is 0. The molecule has 6 aromatic carbocycles. The van der Waals surface area contributed by atoms with Crippen molar-refractivity contribution in [3.05, 3.63) is 158 Å². The van der Waals surface area contributed by atoms with Crippen molar-refractivity contribution in [2.24, 2.45) is 0 Å². The van der Waals surface area contributed by atoms with E-state index in [2.05, 4.69) is 53.8 Å². The van der Waals surface area contributed by atoms with E-state index in [4.69, 9.17) is 6.85 Å². The Hall–Kier alpha value is -4.88. The third kappa shape index (κ3) is 4.94. The number of hydrogen-bond acceptors (Lipinski definition) is 1. The Labute approximate surface area is 225 Å². The lowest BCUT2D eigenvalue weighted by Gasteiger charge is -2.18. The van der Waals surface area contributed by atoms with Gasteiger partial charge in [-0.15, -0.1) is 0 Å². The molecule has 0 aromatic heterocycles. The lowest BCUT2D eigenvalue weighted by atomic mass is 9.93. The molecule has 6 rings (SSSR count). The third-order valence-electron chi connectivity index (χ3n) is 6.42. The number of nitrogens with one attached hydrogen (secondary N) is 1. The molecule has 1 N–H and O–H groups in total. The van der Waals surface area contributed by atoms with Crippen molar-refractivity contribution in [1.29, 1.82) is 0 Å². The highest BCUT2D eigenvalue weighted by Gasteiger charge is 2.13. The van der Waals surface area contributed by atoms with Gasteiger partial charge in [-0.1, -0.05) is 146 Å². The van der Waals surface area contributed by atoms with Gasteiger partial charge in [-0.25, -0.2) is 0 Å². The Bertz CT molecular complexity index is 1740. The predicted molar refractivity (Wildman–Crippen MR) is 158 cm³/mol. The predicted octanol–water partition coefficient (Wildman–Crippen LogP) is 10.1. The molecule has 0 fully saturated rings. The number of rotatable bonds is 6. The molecule has 176 valence electrons. The highest BCUT2D eigenvalue weighted by atomic mass is 14.9. The summed E-state index contributed by atoms with van der Waals surface area (Å²) in [4.78, 5) is 0. The molecule has 0 saturated heterocycles. The SMILES string of the molecule is [2H]c1c([2H])c([2H])c(Nc2c(-c3ccc(-c4ccccc4)cc3)cccc2-c2ccc(-c3ccccc3)cc2)c([2H])c1[2H]. The van der Waals surface area contributed by atoms with E-state index in [1.165, 1.54) is 0 Å². The van der Waals surface area contributed by atoms with Crippen LogP contribution in [-0.4, -0.2) is 0 Å². The quantitative estimate of drug-likeness (QED) is 0.251. The van der Waals surface area contributed by atoms with Gasteiger partial charge in [0, 0.05) is 16.8 Å². The van der Waals surface area contributed by atoms with Crippen molar-refractivity contribution in [2.45, 2.75) is 0 Å². The summed E-state index contributed by atoms with van der Waals surface area (Å²) in [6.45, 7) is 0. The molecule has 37 heavy (non-hydrogen) atoms. The van der Waals surface area contributed by atoms with Gasteiger partial charge >= 0.3 is 0 Å². The fourth-order valence-electron chi connectivity index (χ4n) is 4.55. The van der Waals surface area contributed by atoms with Crippen LogP contribution < -0.4 is 5.32 Å². The van der Waals surface area contributed by atoms with E-state index in [-0.39, 0.29) is 29.9 Å². The fraction of sp³-hybridized carbons (Fsp3) is 0. The van der Waals surface area contributed by atoms with E-state index >= 15 is 0 Å². The summed E-state index contributed by atoms with van der Waals surface area (Å²) in [6, 6.07) is 41.0. The van der Waals surface area contributed by atoms with Crippen LogP contribution in [0.2, 0.25) is 0 Å². The minimum atomic E-state index is -0.419. The number of para-hydroxylation sites is 2. The van der Waals surface area contributed by atoms with Gasteiger partial charge in [-0.2, -0.15) is 0 Å². The number of benzene rings is 6. The highest BCUT2D eigenvalue weighted by molar-refractivity contribution is 5.93. The van der Waals surface area contributed by atoms with Crippen molar-refractivity contribution in [1.82, 2.24) is 0 Å². The van der Waals surface area contributed by atoms with Crippen LogP contribution in [0.15, 0.2) is 158 Å². The van der Waals surface area contributed by atoms with E-state index < -0.39 is 6.04 Å². The Kier molecular flexibility index (Phi) is 4.93. The smallest absolute Gasteiger partial charge is 0.0645 e. The molecule has 0 unspecified atom stereocenters. The maximum absolute atomic E-state index is 8.55. The van der Waals surface area contributed by atoms with Crippen molar-refractivity contribution in [3.63, 3.8) is 0 Å². The number of anilines is 2. The van der Waals surface area contributed by atoms with Crippen LogP contribution in [-0.2, 0) is 0 Å². The number of hydrogen-bond donors (Lipinski definition) is 1. The molecule has 0 bridgehead atoms. The van der Waals surface area contributed by atoms with Gasteiger partial charge in [-0.05, 0) is 45.5 Å². The topological polar surface area (TPSA) is 12.0 Å². The van der Waals surface area contributed by atoms with E-state index in [1.807, 2.05) is 78.9 Å². The fourth-order valence-corrected chi connectivity index (χ4v) is 4.55. The molecule has 0 aliphatic heterocycles. The van der Waals surface area contributed by atoms with Crippen LogP contribution in [0.5, 0.6) is 0 Å². The molecule has 0 radical (unpaired) electrons. The third-order valence-corrected chi connectivity index (χ3v) is 6.42. The first-order valence-corrected chi connectivity index (χ1v) is 12.2. The zero-order valence-corrected chi connectivity index (χ0v) is 20.1. The first-order chi connectivity index (χ1) is 20.4. The Morgan fingerprint density at radius 3 is 1.24 bits per heavy atom. The van der Waals surface area contributed by atoms with Gasteiger partial charge in [-0.3, -0.25) is 0 Å². The molecule has 6 aromatic rings. The van der Waals surface area contributed by atoms with E-state index in [1.54, 1.807) is 0 Å². The molecule has 0 heterocycles. The zero-order valence-electron chi connectivity index (χ0n) is 25.1. The normalized spacial score (nSPS) is 12.6. The Morgan fingerprint density at radius 1 is 0.378 bits per heavy atom. The molecule has 1 heteroatoms. The first-order valence-electron chi connectivity index (χ1n) is 14.7. The van der Waals surface area contributed by atoms with Crippen molar-refractivity contribution in [2.75, 3.05) is 5.32 Å². The summed E-state index contributed by atoms with van der Waals surface area (Å²) in [5.41, 5.74) is 8.70. The first kappa shape index (κ1) is 17.5. The van der Waals surface area contributed by atoms with Crippen LogP contribution in [0, 0.1) is 0 Å². The van der Waals surface area contributed by atoms with Gasteiger partial charge in [0.15, 0.2) is 0 Å². The van der Waals surface area contributed by atoms with Crippen LogP contribution in [0.3, 0.4) is 0 Å². The molecule has 0 spiro atoms. The molecular formula is C36H27N. The summed E-state index contributed by atoms with van der Waals surface area (Å²) in [6.07, 6.45) is 0. The van der Waals surface area contributed by atoms with Crippen molar-refractivity contribution >= 4 is 11.4 Å². The van der Waals surface area contributed by atoms with Gasteiger partial charge in [0.2, 0.25) is 0 Å².